The van der Waals surface area contributed by atoms with Crippen molar-refractivity contribution in [1.29, 1.82) is 0 Å². The average molecular weight is 327 g/mol. The molecule has 0 aliphatic rings. The lowest BCUT2D eigenvalue weighted by Crippen LogP contribution is -2.37. The fourth-order valence-corrected chi connectivity index (χ4v) is 2.67. The molecule has 0 saturated carbocycles. The van der Waals surface area contributed by atoms with Crippen LogP contribution in [0.3, 0.4) is 0 Å². The van der Waals surface area contributed by atoms with Gasteiger partial charge < -0.3 is 5.32 Å². The van der Waals surface area contributed by atoms with Crippen LogP contribution in [0.5, 0.6) is 0 Å². The van der Waals surface area contributed by atoms with E-state index in [0.717, 1.165) is 31.5 Å². The zero-order chi connectivity index (χ0) is 16.6. The number of carbonyl (C=O) groups is 1. The van der Waals surface area contributed by atoms with E-state index in [4.69, 9.17) is 5.14 Å². The first-order valence-electron chi connectivity index (χ1n) is 7.47. The largest absolute Gasteiger partial charge is 0.351 e. The first-order chi connectivity index (χ1) is 10.4. The quantitative estimate of drug-likeness (QED) is 0.709. The van der Waals surface area contributed by atoms with E-state index >= 15 is 0 Å². The lowest BCUT2D eigenvalue weighted by Gasteiger charge is -2.20. The van der Waals surface area contributed by atoms with Crippen molar-refractivity contribution in [2.45, 2.75) is 38.1 Å². The lowest BCUT2D eigenvalue weighted by molar-refractivity contribution is -0.122. The highest BCUT2D eigenvalue weighted by molar-refractivity contribution is 7.89. The highest BCUT2D eigenvalue weighted by atomic mass is 32.2. The van der Waals surface area contributed by atoms with Crippen LogP contribution >= 0.6 is 0 Å². The molecule has 1 amide bonds. The van der Waals surface area contributed by atoms with Gasteiger partial charge in [-0.3, -0.25) is 9.69 Å². The van der Waals surface area contributed by atoms with Crippen LogP contribution in [0.1, 0.15) is 32.3 Å². The number of primary sulfonamides is 1. The third kappa shape index (κ3) is 6.55. The van der Waals surface area contributed by atoms with E-state index in [2.05, 4.69) is 24.1 Å². The molecule has 1 aromatic rings. The van der Waals surface area contributed by atoms with E-state index in [1.807, 2.05) is 0 Å². The molecular formula is C15H25N3O3S. The highest BCUT2D eigenvalue weighted by Crippen LogP contribution is 2.08. The number of hydrogen-bond acceptors (Lipinski definition) is 4. The number of benzene rings is 1. The van der Waals surface area contributed by atoms with Gasteiger partial charge in [0, 0.05) is 6.54 Å². The van der Waals surface area contributed by atoms with E-state index in [-0.39, 0.29) is 10.8 Å². The summed E-state index contributed by atoms with van der Waals surface area (Å²) in [6.45, 7) is 6.75. The Morgan fingerprint density at radius 1 is 1.14 bits per heavy atom. The Kier molecular flexibility index (Phi) is 7.50. The van der Waals surface area contributed by atoms with Crippen molar-refractivity contribution in [3.63, 3.8) is 0 Å². The Bertz CT molecular complexity index is 564. The minimum absolute atomic E-state index is 0.0302. The van der Waals surface area contributed by atoms with E-state index in [0.29, 0.717) is 13.1 Å². The number of nitrogens with two attached hydrogens (primary N) is 1. The van der Waals surface area contributed by atoms with Crippen LogP contribution in [-0.4, -0.2) is 38.9 Å². The summed E-state index contributed by atoms with van der Waals surface area (Å²) in [4.78, 5) is 14.1. The molecule has 0 unspecified atom stereocenters. The maximum absolute atomic E-state index is 11.9. The van der Waals surface area contributed by atoms with Crippen LogP contribution in [-0.2, 0) is 21.4 Å². The summed E-state index contributed by atoms with van der Waals surface area (Å²) in [6, 6.07) is 6.18. The first kappa shape index (κ1) is 18.6. The number of sulfonamides is 1. The number of carbonyl (C=O) groups excluding carboxylic acids is 1. The summed E-state index contributed by atoms with van der Waals surface area (Å²) in [6.07, 6.45) is 2.03. The fraction of sp³-hybridized carbons (Fsp3) is 0.533. The topological polar surface area (TPSA) is 92.5 Å². The monoisotopic (exact) mass is 327 g/mol. The van der Waals surface area contributed by atoms with E-state index in [1.165, 1.54) is 12.1 Å². The van der Waals surface area contributed by atoms with Gasteiger partial charge in [0.15, 0.2) is 0 Å². The summed E-state index contributed by atoms with van der Waals surface area (Å²) in [5.74, 6) is -0.0302. The van der Waals surface area contributed by atoms with Crippen LogP contribution in [0.25, 0.3) is 0 Å². The Morgan fingerprint density at radius 3 is 2.14 bits per heavy atom. The summed E-state index contributed by atoms with van der Waals surface area (Å²) in [7, 11) is -3.67. The third-order valence-electron chi connectivity index (χ3n) is 3.19. The normalized spacial score (nSPS) is 11.6. The molecule has 0 radical (unpaired) electrons. The maximum Gasteiger partial charge on any atom is 0.238 e. The van der Waals surface area contributed by atoms with Gasteiger partial charge in [-0.05, 0) is 43.6 Å². The van der Waals surface area contributed by atoms with Crippen molar-refractivity contribution in [3.8, 4) is 0 Å². The number of nitrogens with one attached hydrogen (secondary N) is 1. The minimum atomic E-state index is -3.67. The standard InChI is InChI=1S/C15H25N3O3S/c1-3-9-18(10-4-2)12-15(19)17-11-13-5-7-14(8-6-13)22(16,20)21/h5-8H,3-4,9-12H2,1-2H3,(H,17,19)(H2,16,20,21). The van der Waals surface area contributed by atoms with Gasteiger partial charge >= 0.3 is 0 Å². The molecule has 0 spiro atoms. The average Bonchev–Trinajstić information content (AvgIpc) is 2.45. The van der Waals surface area contributed by atoms with Gasteiger partial charge in [-0.15, -0.1) is 0 Å². The zero-order valence-corrected chi connectivity index (χ0v) is 14.0. The number of amides is 1. The molecule has 124 valence electrons. The molecule has 0 aliphatic heterocycles. The second kappa shape index (κ2) is 8.87. The molecule has 0 heterocycles. The van der Waals surface area contributed by atoms with Gasteiger partial charge in [0.2, 0.25) is 15.9 Å². The molecule has 0 fully saturated rings. The molecule has 7 heteroatoms. The van der Waals surface area contributed by atoms with E-state index < -0.39 is 10.0 Å². The third-order valence-corrected chi connectivity index (χ3v) is 4.12. The van der Waals surface area contributed by atoms with Crippen LogP contribution in [0, 0.1) is 0 Å². The maximum atomic E-state index is 11.9. The predicted octanol–water partition coefficient (Wildman–Crippen LogP) is 1.07. The lowest BCUT2D eigenvalue weighted by atomic mass is 10.2. The molecule has 0 aliphatic carbocycles. The van der Waals surface area contributed by atoms with Crippen molar-refractivity contribution >= 4 is 15.9 Å². The molecule has 0 atom stereocenters. The molecular weight excluding hydrogens is 302 g/mol. The van der Waals surface area contributed by atoms with Crippen LogP contribution in [0.2, 0.25) is 0 Å². The van der Waals surface area contributed by atoms with Gasteiger partial charge in [0.05, 0.1) is 11.4 Å². The minimum Gasteiger partial charge on any atom is -0.351 e. The Hall–Kier alpha value is -1.44. The van der Waals surface area contributed by atoms with Crippen LogP contribution < -0.4 is 10.5 Å². The second-order valence-electron chi connectivity index (χ2n) is 5.24. The van der Waals surface area contributed by atoms with Crippen molar-refractivity contribution in [2.24, 2.45) is 5.14 Å². The van der Waals surface area contributed by atoms with Gasteiger partial charge in [-0.25, -0.2) is 13.6 Å². The SMILES string of the molecule is CCCN(CCC)CC(=O)NCc1ccc(S(N)(=O)=O)cc1. The smallest absolute Gasteiger partial charge is 0.238 e. The van der Waals surface area contributed by atoms with Crippen LogP contribution in [0.15, 0.2) is 29.2 Å². The Balaban J connectivity index is 2.50. The Morgan fingerprint density at radius 2 is 1.68 bits per heavy atom. The molecule has 0 bridgehead atoms. The summed E-state index contributed by atoms with van der Waals surface area (Å²) in [5, 5.41) is 7.88. The Labute approximate surface area is 132 Å². The van der Waals surface area contributed by atoms with Gasteiger partial charge in [0.1, 0.15) is 0 Å². The molecule has 6 nitrogen and oxygen atoms in total. The molecule has 1 rings (SSSR count). The zero-order valence-electron chi connectivity index (χ0n) is 13.2. The summed E-state index contributed by atoms with van der Waals surface area (Å²) in [5.41, 5.74) is 0.832. The van der Waals surface area contributed by atoms with Crippen molar-refractivity contribution in [1.82, 2.24) is 10.2 Å². The summed E-state index contributed by atoms with van der Waals surface area (Å²) >= 11 is 0. The first-order valence-corrected chi connectivity index (χ1v) is 9.02. The fourth-order valence-electron chi connectivity index (χ4n) is 2.16. The van der Waals surface area contributed by atoms with E-state index in [1.54, 1.807) is 12.1 Å². The molecule has 0 saturated heterocycles. The van der Waals surface area contributed by atoms with Crippen molar-refractivity contribution in [2.75, 3.05) is 19.6 Å². The van der Waals surface area contributed by atoms with Crippen LogP contribution in [0.4, 0.5) is 0 Å². The number of rotatable bonds is 9. The molecule has 3 N–H and O–H groups in total. The second-order valence-corrected chi connectivity index (χ2v) is 6.80. The van der Waals surface area contributed by atoms with E-state index in [9.17, 15) is 13.2 Å². The summed E-state index contributed by atoms with van der Waals surface area (Å²) < 4.78 is 22.3. The highest BCUT2D eigenvalue weighted by Gasteiger charge is 2.10. The number of nitrogens with zero attached hydrogens (tertiary/aromatic N) is 1. The van der Waals surface area contributed by atoms with Gasteiger partial charge in [-0.2, -0.15) is 0 Å². The molecule has 0 aromatic heterocycles. The van der Waals surface area contributed by atoms with Gasteiger partial charge in [0.25, 0.3) is 0 Å². The molecule has 22 heavy (non-hydrogen) atoms. The van der Waals surface area contributed by atoms with Crippen molar-refractivity contribution < 1.29 is 13.2 Å². The molecule has 1 aromatic carbocycles. The van der Waals surface area contributed by atoms with Crippen molar-refractivity contribution in [3.05, 3.63) is 29.8 Å². The van der Waals surface area contributed by atoms with Gasteiger partial charge in [-0.1, -0.05) is 26.0 Å². The number of hydrogen-bond donors (Lipinski definition) is 2. The predicted molar refractivity (Wildman–Crippen MR) is 86.7 cm³/mol.